The Kier molecular flexibility index (Phi) is 9.03. The first-order valence-corrected chi connectivity index (χ1v) is 10.2. The Morgan fingerprint density at radius 3 is 2.77 bits per heavy atom. The third kappa shape index (κ3) is 6.98. The molecule has 0 N–H and O–H groups in total. The number of benzene rings is 1. The van der Waals surface area contributed by atoms with E-state index in [1.165, 1.54) is 26.2 Å². The lowest BCUT2D eigenvalue weighted by Gasteiger charge is -2.38. The number of nitrogens with zero attached hydrogens (tertiary/aromatic N) is 1. The summed E-state index contributed by atoms with van der Waals surface area (Å²) >= 11 is 11.9. The van der Waals surface area contributed by atoms with Gasteiger partial charge in [0.25, 0.3) is 0 Å². The van der Waals surface area contributed by atoms with Crippen molar-refractivity contribution in [1.29, 1.82) is 0 Å². The van der Waals surface area contributed by atoms with Crippen molar-refractivity contribution >= 4 is 29.2 Å². The summed E-state index contributed by atoms with van der Waals surface area (Å²) in [6.07, 6.45) is 5.48. The molecule has 1 heterocycles. The Labute approximate surface area is 166 Å². The van der Waals surface area contributed by atoms with Gasteiger partial charge in [0.05, 0.1) is 16.7 Å². The SMILES string of the molecule is CCCCCN1CCC(CCOc2ccc(Cl)c(Cl)c2)C(OC(C)=O)C1. The molecule has 1 aromatic carbocycles. The van der Waals surface area contributed by atoms with Gasteiger partial charge in [-0.1, -0.05) is 43.0 Å². The molecule has 1 aliphatic rings. The van der Waals surface area contributed by atoms with Crippen LogP contribution in [0.1, 0.15) is 46.0 Å². The summed E-state index contributed by atoms with van der Waals surface area (Å²) in [4.78, 5) is 13.9. The Bertz CT molecular complexity index is 582. The maximum absolute atomic E-state index is 11.5. The minimum absolute atomic E-state index is 0.0553. The van der Waals surface area contributed by atoms with Crippen LogP contribution < -0.4 is 4.74 Å². The van der Waals surface area contributed by atoms with Gasteiger partial charge in [-0.15, -0.1) is 0 Å². The Balaban J connectivity index is 1.83. The molecule has 0 amide bonds. The van der Waals surface area contributed by atoms with E-state index in [0.717, 1.165) is 32.5 Å². The maximum Gasteiger partial charge on any atom is 0.302 e. The van der Waals surface area contributed by atoms with Crippen LogP contribution in [0.5, 0.6) is 5.75 Å². The summed E-state index contributed by atoms with van der Waals surface area (Å²) in [6.45, 7) is 7.22. The van der Waals surface area contributed by atoms with Gasteiger partial charge < -0.3 is 9.47 Å². The molecule has 0 saturated carbocycles. The van der Waals surface area contributed by atoms with Gasteiger partial charge in [-0.25, -0.2) is 0 Å². The normalized spacial score (nSPS) is 20.8. The first-order valence-electron chi connectivity index (χ1n) is 9.47. The summed E-state index contributed by atoms with van der Waals surface area (Å²) in [6, 6.07) is 5.27. The summed E-state index contributed by atoms with van der Waals surface area (Å²) < 4.78 is 11.4. The van der Waals surface area contributed by atoms with E-state index < -0.39 is 0 Å². The summed E-state index contributed by atoms with van der Waals surface area (Å²) in [5, 5.41) is 1.01. The maximum atomic E-state index is 11.5. The number of hydrogen-bond acceptors (Lipinski definition) is 4. The van der Waals surface area contributed by atoms with Crippen molar-refractivity contribution in [2.24, 2.45) is 5.92 Å². The molecule has 1 aromatic rings. The number of esters is 1. The van der Waals surface area contributed by atoms with E-state index in [1.807, 2.05) is 6.07 Å². The largest absolute Gasteiger partial charge is 0.494 e. The number of ether oxygens (including phenoxy) is 2. The number of carbonyl (C=O) groups is 1. The number of hydrogen-bond donors (Lipinski definition) is 0. The molecule has 4 nitrogen and oxygen atoms in total. The third-order valence-electron chi connectivity index (χ3n) is 4.82. The van der Waals surface area contributed by atoms with Crippen molar-refractivity contribution in [1.82, 2.24) is 4.90 Å². The molecule has 0 aromatic heterocycles. The van der Waals surface area contributed by atoms with Crippen LogP contribution in [-0.4, -0.2) is 43.2 Å². The van der Waals surface area contributed by atoms with Gasteiger partial charge in [-0.3, -0.25) is 9.69 Å². The Hall–Kier alpha value is -0.970. The number of unbranched alkanes of at least 4 members (excludes halogenated alkanes) is 2. The number of likely N-dealkylation sites (tertiary alicyclic amines) is 1. The van der Waals surface area contributed by atoms with Crippen molar-refractivity contribution in [2.45, 2.75) is 52.1 Å². The molecule has 2 unspecified atom stereocenters. The van der Waals surface area contributed by atoms with Crippen molar-refractivity contribution in [3.63, 3.8) is 0 Å². The van der Waals surface area contributed by atoms with Crippen molar-refractivity contribution in [3.8, 4) is 5.75 Å². The third-order valence-corrected chi connectivity index (χ3v) is 5.56. The van der Waals surface area contributed by atoms with Crippen LogP contribution >= 0.6 is 23.2 Å². The van der Waals surface area contributed by atoms with E-state index in [1.54, 1.807) is 12.1 Å². The highest BCUT2D eigenvalue weighted by Gasteiger charge is 2.31. The van der Waals surface area contributed by atoms with Crippen LogP contribution in [0.4, 0.5) is 0 Å². The molecular formula is C20H29Cl2NO3. The van der Waals surface area contributed by atoms with E-state index in [-0.39, 0.29) is 12.1 Å². The van der Waals surface area contributed by atoms with Crippen molar-refractivity contribution < 1.29 is 14.3 Å². The molecule has 2 atom stereocenters. The average molecular weight is 402 g/mol. The van der Waals surface area contributed by atoms with E-state index in [4.69, 9.17) is 32.7 Å². The summed E-state index contributed by atoms with van der Waals surface area (Å²) in [5.41, 5.74) is 0. The lowest BCUT2D eigenvalue weighted by Crippen LogP contribution is -2.46. The predicted molar refractivity (Wildman–Crippen MR) is 106 cm³/mol. The van der Waals surface area contributed by atoms with E-state index in [0.29, 0.717) is 28.3 Å². The lowest BCUT2D eigenvalue weighted by molar-refractivity contribution is -0.153. The summed E-state index contributed by atoms with van der Waals surface area (Å²) in [7, 11) is 0. The minimum atomic E-state index is -0.208. The smallest absolute Gasteiger partial charge is 0.302 e. The number of carbonyl (C=O) groups excluding carboxylic acids is 1. The molecule has 6 heteroatoms. The number of halogens is 2. The zero-order valence-electron chi connectivity index (χ0n) is 15.7. The topological polar surface area (TPSA) is 38.8 Å². The fraction of sp³-hybridized carbons (Fsp3) is 0.650. The van der Waals surface area contributed by atoms with Crippen LogP contribution in [0.25, 0.3) is 0 Å². The minimum Gasteiger partial charge on any atom is -0.494 e. The second-order valence-corrected chi connectivity index (χ2v) is 7.73. The second kappa shape index (κ2) is 11.0. The zero-order valence-corrected chi connectivity index (χ0v) is 17.2. The molecule has 0 aliphatic carbocycles. The number of rotatable bonds is 9. The van der Waals surface area contributed by atoms with E-state index in [9.17, 15) is 4.79 Å². The molecule has 1 fully saturated rings. The standard InChI is InChI=1S/C20H29Cl2NO3/c1-3-4-5-10-23-11-8-16(20(14-23)26-15(2)24)9-12-25-17-6-7-18(21)19(22)13-17/h6-7,13,16,20H,3-5,8-12,14H2,1-2H3. The fourth-order valence-corrected chi connectivity index (χ4v) is 3.68. The lowest BCUT2D eigenvalue weighted by atomic mass is 9.90. The molecule has 0 radical (unpaired) electrons. The molecule has 1 aliphatic heterocycles. The van der Waals surface area contributed by atoms with Crippen LogP contribution in [-0.2, 0) is 9.53 Å². The molecule has 0 spiro atoms. The van der Waals surface area contributed by atoms with E-state index in [2.05, 4.69) is 11.8 Å². The highest BCUT2D eigenvalue weighted by Crippen LogP contribution is 2.28. The molecular weight excluding hydrogens is 373 g/mol. The Morgan fingerprint density at radius 1 is 1.27 bits per heavy atom. The van der Waals surface area contributed by atoms with Crippen molar-refractivity contribution in [3.05, 3.63) is 28.2 Å². The van der Waals surface area contributed by atoms with Gasteiger partial charge in [0.1, 0.15) is 11.9 Å². The molecule has 26 heavy (non-hydrogen) atoms. The summed E-state index contributed by atoms with van der Waals surface area (Å²) in [5.74, 6) is 0.824. The molecule has 0 bridgehead atoms. The van der Waals surface area contributed by atoms with Crippen LogP contribution in [0.3, 0.4) is 0 Å². The van der Waals surface area contributed by atoms with E-state index >= 15 is 0 Å². The molecule has 1 saturated heterocycles. The fourth-order valence-electron chi connectivity index (χ4n) is 3.39. The van der Waals surface area contributed by atoms with Gasteiger partial charge >= 0.3 is 5.97 Å². The second-order valence-electron chi connectivity index (χ2n) is 6.92. The van der Waals surface area contributed by atoms with Crippen LogP contribution in [0.15, 0.2) is 18.2 Å². The quantitative estimate of drug-likeness (QED) is 0.420. The zero-order chi connectivity index (χ0) is 18.9. The number of piperidine rings is 1. The highest BCUT2D eigenvalue weighted by atomic mass is 35.5. The van der Waals surface area contributed by atoms with Crippen LogP contribution in [0, 0.1) is 5.92 Å². The monoisotopic (exact) mass is 401 g/mol. The average Bonchev–Trinajstić information content (AvgIpc) is 2.59. The van der Waals surface area contributed by atoms with Gasteiger partial charge in [0.15, 0.2) is 0 Å². The first-order chi connectivity index (χ1) is 12.5. The molecule has 2 rings (SSSR count). The Morgan fingerprint density at radius 2 is 2.08 bits per heavy atom. The van der Waals surface area contributed by atoms with Gasteiger partial charge in [-0.05, 0) is 44.5 Å². The van der Waals surface area contributed by atoms with Gasteiger partial charge in [-0.2, -0.15) is 0 Å². The van der Waals surface area contributed by atoms with Crippen molar-refractivity contribution in [2.75, 3.05) is 26.2 Å². The molecule has 146 valence electrons. The van der Waals surface area contributed by atoms with Gasteiger partial charge in [0.2, 0.25) is 0 Å². The highest BCUT2D eigenvalue weighted by molar-refractivity contribution is 6.42. The van der Waals surface area contributed by atoms with Gasteiger partial charge in [0, 0.05) is 25.5 Å². The first kappa shape index (κ1) is 21.3. The van der Waals surface area contributed by atoms with Crippen LogP contribution in [0.2, 0.25) is 10.0 Å². The predicted octanol–water partition coefficient (Wildman–Crippen LogP) is 5.21.